The van der Waals surface area contributed by atoms with Crippen LogP contribution in [0.15, 0.2) is 47.4 Å². The first-order chi connectivity index (χ1) is 10.0. The van der Waals surface area contributed by atoms with Gasteiger partial charge in [-0.05, 0) is 31.2 Å². The number of carbonyl (C=O) groups is 1. The van der Waals surface area contributed by atoms with Crippen LogP contribution < -0.4 is 16.2 Å². The van der Waals surface area contributed by atoms with Gasteiger partial charge in [0.05, 0.1) is 0 Å². The van der Waals surface area contributed by atoms with Gasteiger partial charge in [0.2, 0.25) is 5.91 Å². The molecule has 6 heteroatoms. The molecule has 0 radical (unpaired) electrons. The Hall–Kier alpha value is -2.63. The van der Waals surface area contributed by atoms with Gasteiger partial charge in [0.25, 0.3) is 5.56 Å². The average molecular weight is 289 g/mol. The van der Waals surface area contributed by atoms with Crippen molar-refractivity contribution in [2.24, 2.45) is 0 Å². The van der Waals surface area contributed by atoms with Gasteiger partial charge in [0.1, 0.15) is 12.4 Å². The summed E-state index contributed by atoms with van der Waals surface area (Å²) >= 11 is 0. The smallest absolute Gasteiger partial charge is 0.251 e. The number of hydrogen-bond donors (Lipinski definition) is 1. The van der Waals surface area contributed by atoms with Crippen LogP contribution in [0.3, 0.4) is 0 Å². The van der Waals surface area contributed by atoms with E-state index in [9.17, 15) is 14.0 Å². The topological polar surface area (TPSA) is 68.3 Å². The number of amides is 1. The summed E-state index contributed by atoms with van der Waals surface area (Å²) in [4.78, 5) is 25.4. The molecule has 1 amide bonds. The van der Waals surface area contributed by atoms with Gasteiger partial charge in [0, 0.05) is 30.2 Å². The van der Waals surface area contributed by atoms with E-state index >= 15 is 0 Å². The Morgan fingerprint density at radius 2 is 2.10 bits per heavy atom. The Morgan fingerprint density at radius 3 is 2.76 bits per heavy atom. The quantitative estimate of drug-likeness (QED) is 0.930. The molecule has 110 valence electrons. The molecule has 0 saturated carbocycles. The molecule has 0 aliphatic carbocycles. The maximum Gasteiger partial charge on any atom is 0.251 e. The highest BCUT2D eigenvalue weighted by atomic mass is 19.1. The number of aromatic nitrogens is 1. The van der Waals surface area contributed by atoms with Crippen molar-refractivity contribution in [1.82, 2.24) is 4.57 Å². The van der Waals surface area contributed by atoms with Crippen molar-refractivity contribution >= 4 is 17.3 Å². The number of nitrogens with two attached hydrogens (primary N) is 1. The van der Waals surface area contributed by atoms with Crippen LogP contribution >= 0.6 is 0 Å². The standard InChI is InChI=1S/C15H16FN3O2/c1-2-19(13-5-3-4-11(16)8-13)15(21)10-18-9-12(17)6-7-14(18)20/h3-9H,2,10,17H2,1H3. The summed E-state index contributed by atoms with van der Waals surface area (Å²) in [6.07, 6.45) is 1.42. The summed E-state index contributed by atoms with van der Waals surface area (Å²) in [6, 6.07) is 8.56. The van der Waals surface area contributed by atoms with Crippen molar-refractivity contribution in [2.45, 2.75) is 13.5 Å². The second-order valence-electron chi connectivity index (χ2n) is 4.55. The molecule has 5 nitrogen and oxygen atoms in total. The summed E-state index contributed by atoms with van der Waals surface area (Å²) < 4.78 is 14.5. The fraction of sp³-hybridized carbons (Fsp3) is 0.200. The minimum atomic E-state index is -0.417. The lowest BCUT2D eigenvalue weighted by atomic mass is 10.2. The number of anilines is 2. The van der Waals surface area contributed by atoms with Crippen LogP contribution in [0.5, 0.6) is 0 Å². The highest BCUT2D eigenvalue weighted by Gasteiger charge is 2.15. The fourth-order valence-corrected chi connectivity index (χ4v) is 2.05. The summed E-state index contributed by atoms with van der Waals surface area (Å²) in [5.74, 6) is -0.726. The second kappa shape index (κ2) is 6.21. The molecule has 21 heavy (non-hydrogen) atoms. The first-order valence-electron chi connectivity index (χ1n) is 6.53. The van der Waals surface area contributed by atoms with E-state index in [4.69, 9.17) is 5.73 Å². The lowest BCUT2D eigenvalue weighted by Gasteiger charge is -2.21. The molecule has 0 atom stereocenters. The molecule has 1 heterocycles. The maximum absolute atomic E-state index is 13.3. The number of pyridine rings is 1. The zero-order valence-electron chi connectivity index (χ0n) is 11.6. The third kappa shape index (κ3) is 3.47. The highest BCUT2D eigenvalue weighted by molar-refractivity contribution is 5.93. The molecule has 0 aliphatic heterocycles. The van der Waals surface area contributed by atoms with Crippen LogP contribution in [0.2, 0.25) is 0 Å². The van der Waals surface area contributed by atoms with Crippen molar-refractivity contribution in [2.75, 3.05) is 17.2 Å². The molecule has 2 N–H and O–H groups in total. The van der Waals surface area contributed by atoms with Crippen molar-refractivity contribution in [3.63, 3.8) is 0 Å². The molecule has 1 aromatic carbocycles. The number of benzene rings is 1. The average Bonchev–Trinajstić information content (AvgIpc) is 2.44. The van der Waals surface area contributed by atoms with Gasteiger partial charge in [-0.15, -0.1) is 0 Å². The van der Waals surface area contributed by atoms with Crippen LogP contribution in [0.25, 0.3) is 0 Å². The Kier molecular flexibility index (Phi) is 4.37. The third-order valence-corrected chi connectivity index (χ3v) is 3.05. The lowest BCUT2D eigenvalue weighted by molar-refractivity contribution is -0.119. The van der Waals surface area contributed by atoms with Crippen molar-refractivity contribution < 1.29 is 9.18 Å². The molecule has 0 saturated heterocycles. The lowest BCUT2D eigenvalue weighted by Crippen LogP contribution is -2.36. The Morgan fingerprint density at radius 1 is 1.33 bits per heavy atom. The SMILES string of the molecule is CCN(C(=O)Cn1cc(N)ccc1=O)c1cccc(F)c1. The van der Waals surface area contributed by atoms with Gasteiger partial charge >= 0.3 is 0 Å². The minimum Gasteiger partial charge on any atom is -0.398 e. The molecular weight excluding hydrogens is 273 g/mol. The maximum atomic E-state index is 13.3. The number of likely N-dealkylation sites (N-methyl/N-ethyl adjacent to an activating group) is 1. The zero-order valence-corrected chi connectivity index (χ0v) is 11.6. The highest BCUT2D eigenvalue weighted by Crippen LogP contribution is 2.16. The van der Waals surface area contributed by atoms with Crippen molar-refractivity contribution in [3.05, 3.63) is 58.8 Å². The van der Waals surface area contributed by atoms with Gasteiger partial charge in [0.15, 0.2) is 0 Å². The first-order valence-corrected chi connectivity index (χ1v) is 6.53. The second-order valence-corrected chi connectivity index (χ2v) is 4.55. The molecule has 2 aromatic rings. The Labute approximate surface area is 121 Å². The van der Waals surface area contributed by atoms with Crippen LogP contribution in [0.4, 0.5) is 15.8 Å². The molecule has 0 aliphatic rings. The van der Waals surface area contributed by atoms with E-state index in [1.54, 1.807) is 13.0 Å². The van der Waals surface area contributed by atoms with Crippen molar-refractivity contribution in [1.29, 1.82) is 0 Å². The van der Waals surface area contributed by atoms with E-state index in [2.05, 4.69) is 0 Å². The Balaban J connectivity index is 2.25. The van der Waals surface area contributed by atoms with Gasteiger partial charge in [-0.25, -0.2) is 4.39 Å². The van der Waals surface area contributed by atoms with E-state index in [0.717, 1.165) is 0 Å². The number of rotatable bonds is 4. The molecule has 0 unspecified atom stereocenters. The molecular formula is C15H16FN3O2. The predicted molar refractivity (Wildman–Crippen MR) is 79.5 cm³/mol. The number of halogens is 1. The molecule has 0 bridgehead atoms. The fourth-order valence-electron chi connectivity index (χ4n) is 2.05. The van der Waals surface area contributed by atoms with E-state index in [1.807, 2.05) is 0 Å². The Bertz CT molecular complexity index is 712. The number of hydrogen-bond acceptors (Lipinski definition) is 3. The van der Waals surface area contributed by atoms with E-state index in [1.165, 1.54) is 46.0 Å². The molecule has 0 fully saturated rings. The van der Waals surface area contributed by atoms with Crippen molar-refractivity contribution in [3.8, 4) is 0 Å². The largest absolute Gasteiger partial charge is 0.398 e. The van der Waals surface area contributed by atoms with Gasteiger partial charge < -0.3 is 15.2 Å². The summed E-state index contributed by atoms with van der Waals surface area (Å²) in [5.41, 5.74) is 6.15. The number of nitrogens with zero attached hydrogens (tertiary/aromatic N) is 2. The van der Waals surface area contributed by atoms with Gasteiger partial charge in [-0.3, -0.25) is 9.59 Å². The molecule has 2 rings (SSSR count). The summed E-state index contributed by atoms with van der Waals surface area (Å²) in [7, 11) is 0. The van der Waals surface area contributed by atoms with Gasteiger partial charge in [-0.2, -0.15) is 0 Å². The normalized spacial score (nSPS) is 10.4. The van der Waals surface area contributed by atoms with Gasteiger partial charge in [-0.1, -0.05) is 6.07 Å². The van der Waals surface area contributed by atoms with Crippen LogP contribution in [0.1, 0.15) is 6.92 Å². The number of nitrogen functional groups attached to an aromatic ring is 1. The molecule has 1 aromatic heterocycles. The van der Waals surface area contributed by atoms with Crippen LogP contribution in [0, 0.1) is 5.82 Å². The zero-order chi connectivity index (χ0) is 15.4. The summed E-state index contributed by atoms with van der Waals surface area (Å²) in [6.45, 7) is 2.01. The predicted octanol–water partition coefficient (Wildman–Crippen LogP) is 1.62. The minimum absolute atomic E-state index is 0.145. The van der Waals surface area contributed by atoms with Crippen LogP contribution in [-0.2, 0) is 11.3 Å². The number of carbonyl (C=O) groups excluding carboxylic acids is 1. The third-order valence-electron chi connectivity index (χ3n) is 3.05. The van der Waals surface area contributed by atoms with Crippen LogP contribution in [-0.4, -0.2) is 17.0 Å². The van der Waals surface area contributed by atoms with E-state index in [-0.39, 0.29) is 18.0 Å². The first kappa shape index (κ1) is 14.8. The van der Waals surface area contributed by atoms with E-state index in [0.29, 0.717) is 17.9 Å². The summed E-state index contributed by atoms with van der Waals surface area (Å²) in [5, 5.41) is 0. The monoisotopic (exact) mass is 289 g/mol. The molecule has 0 spiro atoms. The van der Waals surface area contributed by atoms with E-state index < -0.39 is 5.82 Å².